The average molecular weight is 671 g/mol. The van der Waals surface area contributed by atoms with Crippen LogP contribution in [0.25, 0.3) is 0 Å². The van der Waals surface area contributed by atoms with Crippen molar-refractivity contribution in [3.8, 4) is 0 Å². The average Bonchev–Trinajstić information content (AvgIpc) is 2.94. The van der Waals surface area contributed by atoms with Gasteiger partial charge in [0.25, 0.3) is 0 Å². The zero-order chi connectivity index (χ0) is 28.0. The molecule has 0 aliphatic carbocycles. The Morgan fingerprint density at radius 2 is 0.875 bits per heavy atom. The number of rotatable bonds is 2. The second-order valence-electron chi connectivity index (χ2n) is 11.0. The number of fused-ring (bicyclic) bond motifs is 4. The van der Waals surface area contributed by atoms with E-state index in [4.69, 9.17) is 0 Å². The molecule has 0 bridgehead atoms. The Morgan fingerprint density at radius 1 is 0.500 bits per heavy atom. The van der Waals surface area contributed by atoms with E-state index in [1.807, 2.05) is 62.4 Å². The molecule has 2 unspecified atom stereocenters. The summed E-state index contributed by atoms with van der Waals surface area (Å²) in [5.74, 6) is 0. The summed E-state index contributed by atoms with van der Waals surface area (Å²) < 4.78 is 32.5. The second-order valence-corrected chi connectivity index (χ2v) is 17.6. The molecule has 2 atom stereocenters. The van der Waals surface area contributed by atoms with E-state index >= 15 is 9.13 Å². The molecule has 40 heavy (non-hydrogen) atoms. The van der Waals surface area contributed by atoms with Crippen molar-refractivity contribution in [2.24, 2.45) is 0 Å². The monoisotopic (exact) mass is 671 g/mol. The Balaban J connectivity index is 1.67. The summed E-state index contributed by atoms with van der Waals surface area (Å²) in [5.41, 5.74) is 6.96. The van der Waals surface area contributed by atoms with Crippen molar-refractivity contribution in [3.63, 3.8) is 0 Å². The molecule has 198 valence electrons. The minimum absolute atomic E-state index is 0.759. The predicted octanol–water partition coefficient (Wildman–Crippen LogP) is 6.90. The number of nitrogens with zero attached hydrogens (tertiary/aromatic N) is 1. The summed E-state index contributed by atoms with van der Waals surface area (Å²) in [6, 6.07) is 32.8. The van der Waals surface area contributed by atoms with Gasteiger partial charge in [-0.05, 0) is 86.7 Å². The lowest BCUT2D eigenvalue weighted by molar-refractivity contribution is 0.592. The lowest BCUT2D eigenvalue weighted by atomic mass is 10.1. The van der Waals surface area contributed by atoms with Gasteiger partial charge in [-0.25, -0.2) is 0 Å². The maximum absolute atomic E-state index is 15.8. The first-order chi connectivity index (χ1) is 19.1. The summed E-state index contributed by atoms with van der Waals surface area (Å²) in [7, 11) is -6.62. The fourth-order valence-corrected chi connectivity index (χ4v) is 13.5. The maximum Gasteiger partial charge on any atom is 0.175 e. The van der Waals surface area contributed by atoms with Crippen molar-refractivity contribution >= 4 is 85.8 Å². The molecule has 2 heterocycles. The van der Waals surface area contributed by atoms with Gasteiger partial charge in [0.05, 0.1) is 17.1 Å². The Labute approximate surface area is 249 Å². The van der Waals surface area contributed by atoms with Gasteiger partial charge >= 0.3 is 0 Å². The van der Waals surface area contributed by atoms with Crippen LogP contribution in [0.5, 0.6) is 0 Å². The highest BCUT2D eigenvalue weighted by molar-refractivity contribution is 14.1. The normalized spacial score (nSPS) is 20.5. The van der Waals surface area contributed by atoms with E-state index in [-0.39, 0.29) is 0 Å². The number of benzene rings is 5. The molecule has 5 aromatic rings. The van der Waals surface area contributed by atoms with E-state index in [0.29, 0.717) is 0 Å². The van der Waals surface area contributed by atoms with Gasteiger partial charge in [0.1, 0.15) is 0 Å². The minimum Gasteiger partial charge on any atom is -0.308 e. The zero-order valence-corrected chi connectivity index (χ0v) is 26.7. The zero-order valence-electron chi connectivity index (χ0n) is 22.8. The van der Waals surface area contributed by atoms with Crippen molar-refractivity contribution < 1.29 is 9.13 Å². The van der Waals surface area contributed by atoms with E-state index < -0.39 is 14.3 Å². The van der Waals surface area contributed by atoms with E-state index in [9.17, 15) is 0 Å². The van der Waals surface area contributed by atoms with Gasteiger partial charge in [-0.2, -0.15) is 0 Å². The lowest BCUT2D eigenvalue weighted by Crippen LogP contribution is -2.46. The second kappa shape index (κ2) is 9.05. The molecule has 3 nitrogen and oxygen atoms in total. The van der Waals surface area contributed by atoms with Gasteiger partial charge in [0.15, 0.2) is 14.3 Å². The van der Waals surface area contributed by atoms with E-state index in [1.54, 1.807) is 0 Å². The maximum atomic E-state index is 15.8. The number of aryl methyl sites for hydroxylation is 4. The van der Waals surface area contributed by atoms with Crippen LogP contribution in [0, 0.1) is 31.3 Å². The molecule has 7 rings (SSSR count). The first-order valence-electron chi connectivity index (χ1n) is 13.3. The first-order valence-corrected chi connectivity index (χ1v) is 17.8. The number of halogens is 1. The van der Waals surface area contributed by atoms with Gasteiger partial charge < -0.3 is 14.0 Å². The molecule has 2 aliphatic heterocycles. The van der Waals surface area contributed by atoms with Crippen LogP contribution in [0.3, 0.4) is 0 Å². The molecule has 0 N–H and O–H groups in total. The highest BCUT2D eigenvalue weighted by Gasteiger charge is 2.49. The Morgan fingerprint density at radius 3 is 1.27 bits per heavy atom. The van der Waals surface area contributed by atoms with Crippen molar-refractivity contribution in [2.45, 2.75) is 27.7 Å². The lowest BCUT2D eigenvalue weighted by Gasteiger charge is -2.44. The third-order valence-electron chi connectivity index (χ3n) is 8.15. The third kappa shape index (κ3) is 3.56. The summed E-state index contributed by atoms with van der Waals surface area (Å²) in [6.45, 7) is 8.19. The molecular weight excluding hydrogens is 643 g/mol. The van der Waals surface area contributed by atoms with Crippen molar-refractivity contribution in [3.05, 3.63) is 123 Å². The molecule has 0 saturated carbocycles. The van der Waals surface area contributed by atoms with E-state index in [0.717, 1.165) is 74.7 Å². The number of hydrogen-bond donors (Lipinski definition) is 0. The molecule has 0 fully saturated rings. The summed E-state index contributed by atoms with van der Waals surface area (Å²) >= 11 is 2.30. The van der Waals surface area contributed by atoms with Crippen molar-refractivity contribution in [1.29, 1.82) is 0 Å². The summed E-state index contributed by atoms with van der Waals surface area (Å²) in [5, 5.41) is 4.78. The fourth-order valence-electron chi connectivity index (χ4n) is 6.13. The Hall–Kier alpha value is -2.91. The van der Waals surface area contributed by atoms with Crippen LogP contribution in [0.1, 0.15) is 22.3 Å². The van der Waals surface area contributed by atoms with Crippen LogP contribution in [0.15, 0.2) is 97.1 Å². The standard InChI is InChI=1S/C34H28INO2P2/c1-21-5-11-26(12-6-21)39(37)30-17-23(3)9-15-28(30)36-29-16-10-24(4)18-31(29)40(38,27-13-7-22(2)8-14-27)33-20-25(35)19-32(39)34(33)36/h5-20H,1-4H3. The van der Waals surface area contributed by atoms with Gasteiger partial charge in [0, 0.05) is 35.4 Å². The first kappa shape index (κ1) is 26.0. The van der Waals surface area contributed by atoms with E-state index in [1.165, 1.54) is 0 Å². The number of hydrogen-bond acceptors (Lipinski definition) is 3. The van der Waals surface area contributed by atoms with Crippen LogP contribution in [0.4, 0.5) is 17.1 Å². The van der Waals surface area contributed by atoms with E-state index in [2.05, 4.69) is 89.9 Å². The Kier molecular flexibility index (Phi) is 5.88. The fraction of sp³-hybridized carbons (Fsp3) is 0.118. The van der Waals surface area contributed by atoms with Gasteiger partial charge in [-0.15, -0.1) is 0 Å². The quantitative estimate of drug-likeness (QED) is 0.148. The van der Waals surface area contributed by atoms with Gasteiger partial charge in [-0.1, -0.05) is 82.9 Å². The molecular formula is C34H28INO2P2. The molecule has 5 aromatic carbocycles. The molecule has 0 spiro atoms. The molecule has 6 heteroatoms. The van der Waals surface area contributed by atoms with Gasteiger partial charge in [0.2, 0.25) is 0 Å². The van der Waals surface area contributed by atoms with Crippen LogP contribution in [-0.2, 0) is 9.13 Å². The third-order valence-corrected chi connectivity index (χ3v) is 14.9. The minimum atomic E-state index is -3.31. The van der Waals surface area contributed by atoms with Crippen molar-refractivity contribution in [2.75, 3.05) is 4.90 Å². The van der Waals surface area contributed by atoms with Crippen LogP contribution in [0.2, 0.25) is 0 Å². The van der Waals surface area contributed by atoms with Crippen molar-refractivity contribution in [1.82, 2.24) is 0 Å². The predicted molar refractivity (Wildman–Crippen MR) is 179 cm³/mol. The summed E-state index contributed by atoms with van der Waals surface area (Å²) in [6.07, 6.45) is 0. The largest absolute Gasteiger partial charge is 0.308 e. The van der Waals surface area contributed by atoms with Gasteiger partial charge in [-0.3, -0.25) is 0 Å². The van der Waals surface area contributed by atoms with Crippen LogP contribution in [-0.4, -0.2) is 0 Å². The molecule has 0 amide bonds. The smallest absolute Gasteiger partial charge is 0.175 e. The van der Waals surface area contributed by atoms with Crippen LogP contribution < -0.4 is 36.7 Å². The highest BCUT2D eigenvalue weighted by atomic mass is 127. The van der Waals surface area contributed by atoms with Crippen LogP contribution >= 0.6 is 36.9 Å². The number of anilines is 3. The molecule has 0 aromatic heterocycles. The molecule has 2 aliphatic rings. The molecule has 0 radical (unpaired) electrons. The summed E-state index contributed by atoms with van der Waals surface area (Å²) in [4.78, 5) is 2.22. The SMILES string of the molecule is Cc1ccc(P2(=O)c3cc(C)ccc3N3c4ccc(C)cc4P(=O)(c4ccc(C)cc4)c4cc(I)cc2c43)cc1. The Bertz CT molecular complexity index is 1820. The highest BCUT2D eigenvalue weighted by Crippen LogP contribution is 2.60. The molecule has 0 saturated heterocycles. The topological polar surface area (TPSA) is 37.4 Å².